The zero-order valence-corrected chi connectivity index (χ0v) is 14.5. The third kappa shape index (κ3) is 3.16. The number of hydrogen-bond donors (Lipinski definition) is 1. The molecule has 0 saturated heterocycles. The lowest BCUT2D eigenvalue weighted by molar-refractivity contribution is 0.102. The Hall–Kier alpha value is -2.11. The van der Waals surface area contributed by atoms with Crippen LogP contribution in [0.5, 0.6) is 5.75 Å². The van der Waals surface area contributed by atoms with Gasteiger partial charge >= 0.3 is 0 Å². The molecule has 0 radical (unpaired) electrons. The van der Waals surface area contributed by atoms with Crippen LogP contribution in [-0.2, 0) is 0 Å². The molecule has 4 nitrogen and oxygen atoms in total. The van der Waals surface area contributed by atoms with E-state index < -0.39 is 0 Å². The van der Waals surface area contributed by atoms with Gasteiger partial charge in [-0.3, -0.25) is 10.1 Å². The fourth-order valence-electron chi connectivity index (χ4n) is 2.26. The number of carbonyl (C=O) groups excluding carboxylic acids is 1. The minimum atomic E-state index is -0.295. The molecule has 1 heterocycles. The molecule has 2 aromatic carbocycles. The lowest BCUT2D eigenvalue weighted by Gasteiger charge is -2.08. The molecule has 0 atom stereocenters. The predicted octanol–water partition coefficient (Wildman–Crippen LogP) is 4.83. The maximum Gasteiger partial charge on any atom is 0.261 e. The van der Waals surface area contributed by atoms with Crippen LogP contribution < -0.4 is 10.1 Å². The molecule has 0 aliphatic heterocycles. The van der Waals surface area contributed by atoms with Gasteiger partial charge in [0, 0.05) is 5.02 Å². The van der Waals surface area contributed by atoms with Crippen molar-refractivity contribution in [2.75, 3.05) is 12.4 Å². The summed E-state index contributed by atoms with van der Waals surface area (Å²) in [5.74, 6) is 0.177. The van der Waals surface area contributed by atoms with Crippen LogP contribution >= 0.6 is 22.9 Å². The predicted molar refractivity (Wildman–Crippen MR) is 95.1 cm³/mol. The molecular formula is C17H15ClN2O2S. The van der Waals surface area contributed by atoms with E-state index in [4.69, 9.17) is 16.3 Å². The molecule has 0 unspecified atom stereocenters. The first-order valence-corrected chi connectivity index (χ1v) is 8.20. The number of methoxy groups -OCH3 is 1. The summed E-state index contributed by atoms with van der Waals surface area (Å²) in [4.78, 5) is 16.9. The van der Waals surface area contributed by atoms with Crippen molar-refractivity contribution in [3.63, 3.8) is 0 Å². The van der Waals surface area contributed by atoms with E-state index in [1.54, 1.807) is 18.2 Å². The topological polar surface area (TPSA) is 51.2 Å². The van der Waals surface area contributed by atoms with E-state index in [1.165, 1.54) is 29.6 Å². The molecule has 0 saturated carbocycles. The van der Waals surface area contributed by atoms with Crippen molar-refractivity contribution >= 4 is 44.2 Å². The highest BCUT2D eigenvalue weighted by Gasteiger charge is 2.15. The van der Waals surface area contributed by atoms with Gasteiger partial charge in [-0.15, -0.1) is 0 Å². The monoisotopic (exact) mass is 346 g/mol. The molecule has 0 spiro atoms. The normalized spacial score (nSPS) is 10.8. The third-order valence-corrected chi connectivity index (χ3v) is 4.80. The molecular weight excluding hydrogens is 332 g/mol. The SMILES string of the molecule is COc1ccc(Cl)cc1C(=O)Nc1nc2cc(C)c(C)cc2s1. The summed E-state index contributed by atoms with van der Waals surface area (Å²) in [5, 5.41) is 3.85. The number of anilines is 1. The van der Waals surface area contributed by atoms with Crippen LogP contribution in [0.15, 0.2) is 30.3 Å². The zero-order valence-electron chi connectivity index (χ0n) is 12.9. The number of fused-ring (bicyclic) bond motifs is 1. The van der Waals surface area contributed by atoms with E-state index >= 15 is 0 Å². The van der Waals surface area contributed by atoms with Gasteiger partial charge in [0.15, 0.2) is 5.13 Å². The van der Waals surface area contributed by atoms with Gasteiger partial charge in [0.2, 0.25) is 0 Å². The number of benzene rings is 2. The Morgan fingerprint density at radius 3 is 2.70 bits per heavy atom. The van der Waals surface area contributed by atoms with Gasteiger partial charge in [0.1, 0.15) is 5.75 Å². The number of thiazole rings is 1. The number of ether oxygens (including phenoxy) is 1. The molecule has 3 aromatic rings. The number of aryl methyl sites for hydroxylation is 2. The number of hydrogen-bond acceptors (Lipinski definition) is 4. The standard InChI is InChI=1S/C17H15ClN2O2S/c1-9-6-13-15(7-10(9)2)23-17(19-13)20-16(21)12-8-11(18)4-5-14(12)22-3/h4-8H,1-3H3,(H,19,20,21). The van der Waals surface area contributed by atoms with Gasteiger partial charge < -0.3 is 4.74 Å². The summed E-state index contributed by atoms with van der Waals surface area (Å²) in [5.41, 5.74) is 3.64. The molecule has 1 N–H and O–H groups in total. The van der Waals surface area contributed by atoms with E-state index in [2.05, 4.69) is 23.3 Å². The van der Waals surface area contributed by atoms with Crippen LogP contribution in [0.3, 0.4) is 0 Å². The van der Waals surface area contributed by atoms with Gasteiger partial charge in [-0.2, -0.15) is 0 Å². The van der Waals surface area contributed by atoms with Crippen LogP contribution in [0.25, 0.3) is 10.2 Å². The van der Waals surface area contributed by atoms with Gasteiger partial charge in [-0.05, 0) is 55.3 Å². The summed E-state index contributed by atoms with van der Waals surface area (Å²) < 4.78 is 6.26. The van der Waals surface area contributed by atoms with Crippen LogP contribution in [0.4, 0.5) is 5.13 Å². The Balaban J connectivity index is 1.93. The number of amides is 1. The molecule has 3 rings (SSSR count). The lowest BCUT2D eigenvalue weighted by atomic mass is 10.1. The average Bonchev–Trinajstić information content (AvgIpc) is 2.88. The summed E-state index contributed by atoms with van der Waals surface area (Å²) in [6.45, 7) is 4.10. The fraction of sp³-hybridized carbons (Fsp3) is 0.176. The first-order chi connectivity index (χ1) is 11.0. The van der Waals surface area contributed by atoms with Crippen molar-refractivity contribution in [3.8, 4) is 5.75 Å². The second-order valence-electron chi connectivity index (χ2n) is 5.22. The highest BCUT2D eigenvalue weighted by molar-refractivity contribution is 7.22. The highest BCUT2D eigenvalue weighted by Crippen LogP contribution is 2.30. The number of halogens is 1. The van der Waals surface area contributed by atoms with Crippen molar-refractivity contribution in [1.82, 2.24) is 4.98 Å². The number of nitrogens with one attached hydrogen (secondary N) is 1. The fourth-order valence-corrected chi connectivity index (χ4v) is 3.37. The van der Waals surface area contributed by atoms with Crippen LogP contribution in [0.1, 0.15) is 21.5 Å². The van der Waals surface area contributed by atoms with Crippen LogP contribution in [0.2, 0.25) is 5.02 Å². The van der Waals surface area contributed by atoms with Gasteiger partial charge in [-0.25, -0.2) is 4.98 Å². The number of nitrogens with zero attached hydrogens (tertiary/aromatic N) is 1. The van der Waals surface area contributed by atoms with Crippen molar-refractivity contribution in [1.29, 1.82) is 0 Å². The summed E-state index contributed by atoms with van der Waals surface area (Å²) in [7, 11) is 1.52. The molecule has 0 fully saturated rings. The Morgan fingerprint density at radius 1 is 1.22 bits per heavy atom. The highest BCUT2D eigenvalue weighted by atomic mass is 35.5. The molecule has 23 heavy (non-hydrogen) atoms. The van der Waals surface area contributed by atoms with Crippen LogP contribution in [-0.4, -0.2) is 18.0 Å². The molecule has 118 valence electrons. The summed E-state index contributed by atoms with van der Waals surface area (Å²) in [6, 6.07) is 9.04. The number of aromatic nitrogens is 1. The van der Waals surface area contributed by atoms with Gasteiger partial charge in [0.05, 0.1) is 22.9 Å². The zero-order chi connectivity index (χ0) is 16.6. The molecule has 0 aliphatic rings. The number of carbonyl (C=O) groups is 1. The maximum atomic E-state index is 12.5. The van der Waals surface area contributed by atoms with E-state index in [0.717, 1.165) is 10.2 Å². The quantitative estimate of drug-likeness (QED) is 0.739. The lowest BCUT2D eigenvalue weighted by Crippen LogP contribution is -2.13. The molecule has 1 aromatic heterocycles. The smallest absolute Gasteiger partial charge is 0.261 e. The van der Waals surface area contributed by atoms with E-state index in [9.17, 15) is 4.79 Å². The number of rotatable bonds is 3. The first-order valence-electron chi connectivity index (χ1n) is 7.00. The second-order valence-corrected chi connectivity index (χ2v) is 6.69. The Morgan fingerprint density at radius 2 is 1.96 bits per heavy atom. The Labute approximate surface area is 143 Å². The molecule has 0 bridgehead atoms. The Bertz CT molecular complexity index is 866. The van der Waals surface area contributed by atoms with Crippen molar-refractivity contribution in [2.24, 2.45) is 0 Å². The van der Waals surface area contributed by atoms with E-state index in [0.29, 0.717) is 21.5 Å². The third-order valence-electron chi connectivity index (χ3n) is 3.63. The van der Waals surface area contributed by atoms with Crippen LogP contribution in [0, 0.1) is 13.8 Å². The molecule has 0 aliphatic carbocycles. The minimum absolute atomic E-state index is 0.295. The minimum Gasteiger partial charge on any atom is -0.496 e. The summed E-state index contributed by atoms with van der Waals surface area (Å²) in [6.07, 6.45) is 0. The van der Waals surface area contributed by atoms with Gasteiger partial charge in [-0.1, -0.05) is 22.9 Å². The Kier molecular flexibility index (Phi) is 4.24. The maximum absolute atomic E-state index is 12.5. The second kappa shape index (κ2) is 6.18. The van der Waals surface area contributed by atoms with Gasteiger partial charge in [0.25, 0.3) is 5.91 Å². The van der Waals surface area contributed by atoms with E-state index in [-0.39, 0.29) is 5.91 Å². The first kappa shape index (κ1) is 15.8. The molecule has 6 heteroatoms. The van der Waals surface area contributed by atoms with Crippen molar-refractivity contribution in [2.45, 2.75) is 13.8 Å². The average molecular weight is 347 g/mol. The summed E-state index contributed by atoms with van der Waals surface area (Å²) >= 11 is 7.42. The van der Waals surface area contributed by atoms with Crippen molar-refractivity contribution < 1.29 is 9.53 Å². The van der Waals surface area contributed by atoms with Crippen molar-refractivity contribution in [3.05, 3.63) is 52.0 Å². The van der Waals surface area contributed by atoms with E-state index in [1.807, 2.05) is 13.0 Å². The largest absolute Gasteiger partial charge is 0.496 e. The molecule has 1 amide bonds.